The van der Waals surface area contributed by atoms with Gasteiger partial charge in [-0.05, 0) is 50.8 Å². The number of carbonyl (C=O) groups excluding carboxylic acids is 2. The van der Waals surface area contributed by atoms with E-state index in [0.717, 1.165) is 24.1 Å². The molecule has 1 atom stereocenters. The Balaban J connectivity index is 1.44. The lowest BCUT2D eigenvalue weighted by Crippen LogP contribution is -2.43. The molecule has 7 heteroatoms. The van der Waals surface area contributed by atoms with Gasteiger partial charge in [-0.2, -0.15) is 0 Å². The number of amides is 2. The highest BCUT2D eigenvalue weighted by atomic mass is 32.1. The number of anilines is 1. The SMILES string of the molecule is Cc1cc(C)c(-c2csc(NC(=O)[C@H]3CCCN(C(=O)c4ccoc4)C3)n2)c(C)c1. The van der Waals surface area contributed by atoms with Gasteiger partial charge in [0, 0.05) is 24.0 Å². The van der Waals surface area contributed by atoms with Gasteiger partial charge in [-0.3, -0.25) is 9.59 Å². The molecule has 0 spiro atoms. The Kier molecular flexibility index (Phi) is 5.72. The summed E-state index contributed by atoms with van der Waals surface area (Å²) in [5, 5.41) is 5.53. The van der Waals surface area contributed by atoms with Gasteiger partial charge >= 0.3 is 0 Å². The Hall–Kier alpha value is -2.93. The monoisotopic (exact) mass is 423 g/mol. The lowest BCUT2D eigenvalue weighted by Gasteiger charge is -2.31. The Morgan fingerprint density at radius 3 is 2.70 bits per heavy atom. The minimum absolute atomic E-state index is 0.0852. The maximum atomic E-state index is 12.8. The van der Waals surface area contributed by atoms with E-state index in [4.69, 9.17) is 4.42 Å². The second-order valence-electron chi connectivity index (χ2n) is 7.90. The van der Waals surface area contributed by atoms with E-state index in [1.165, 1.54) is 40.6 Å². The quantitative estimate of drug-likeness (QED) is 0.653. The number of hydrogen-bond donors (Lipinski definition) is 1. The second kappa shape index (κ2) is 8.44. The molecule has 2 amide bonds. The first-order valence-electron chi connectivity index (χ1n) is 10.1. The number of carbonyl (C=O) groups is 2. The third-order valence-corrected chi connectivity index (χ3v) is 6.27. The van der Waals surface area contributed by atoms with E-state index in [9.17, 15) is 9.59 Å². The van der Waals surface area contributed by atoms with Crippen LogP contribution in [0.4, 0.5) is 5.13 Å². The summed E-state index contributed by atoms with van der Waals surface area (Å²) < 4.78 is 5.01. The first kappa shape index (κ1) is 20.3. The summed E-state index contributed by atoms with van der Waals surface area (Å²) in [7, 11) is 0. The molecule has 1 aliphatic heterocycles. The fourth-order valence-corrected chi connectivity index (χ4v) is 4.89. The molecule has 30 heavy (non-hydrogen) atoms. The van der Waals surface area contributed by atoms with Crippen LogP contribution in [0.2, 0.25) is 0 Å². The van der Waals surface area contributed by atoms with Gasteiger partial charge < -0.3 is 14.6 Å². The van der Waals surface area contributed by atoms with Crippen molar-refractivity contribution in [3.8, 4) is 11.3 Å². The van der Waals surface area contributed by atoms with E-state index >= 15 is 0 Å². The van der Waals surface area contributed by atoms with Crippen LogP contribution in [0.1, 0.15) is 39.9 Å². The molecule has 6 nitrogen and oxygen atoms in total. The van der Waals surface area contributed by atoms with E-state index in [1.54, 1.807) is 11.0 Å². The number of nitrogens with one attached hydrogen (secondary N) is 1. The average molecular weight is 424 g/mol. The molecule has 0 saturated carbocycles. The van der Waals surface area contributed by atoms with E-state index in [0.29, 0.717) is 23.8 Å². The van der Waals surface area contributed by atoms with Crippen molar-refractivity contribution in [2.45, 2.75) is 33.6 Å². The molecule has 3 heterocycles. The van der Waals surface area contributed by atoms with Gasteiger partial charge in [0.25, 0.3) is 5.91 Å². The Bertz CT molecular complexity index is 1050. The van der Waals surface area contributed by atoms with Crippen molar-refractivity contribution in [1.82, 2.24) is 9.88 Å². The highest BCUT2D eigenvalue weighted by Crippen LogP contribution is 2.31. The van der Waals surface area contributed by atoms with E-state index in [2.05, 4.69) is 43.2 Å². The molecule has 0 unspecified atom stereocenters. The number of rotatable bonds is 4. The average Bonchev–Trinajstić information content (AvgIpc) is 3.39. The third-order valence-electron chi connectivity index (χ3n) is 5.52. The molecule has 3 aromatic rings. The third kappa shape index (κ3) is 4.16. The molecule has 1 saturated heterocycles. The zero-order valence-corrected chi connectivity index (χ0v) is 18.2. The van der Waals surface area contributed by atoms with E-state index in [-0.39, 0.29) is 17.7 Å². The fraction of sp³-hybridized carbons (Fsp3) is 0.348. The predicted octanol–water partition coefficient (Wildman–Crippen LogP) is 4.82. The molecule has 4 rings (SSSR count). The number of piperidine rings is 1. The maximum Gasteiger partial charge on any atom is 0.257 e. The van der Waals surface area contributed by atoms with Crippen molar-refractivity contribution in [3.05, 3.63) is 58.4 Å². The highest BCUT2D eigenvalue weighted by molar-refractivity contribution is 7.14. The number of aryl methyl sites for hydroxylation is 3. The molecule has 1 fully saturated rings. The molecular weight excluding hydrogens is 398 g/mol. The lowest BCUT2D eigenvalue weighted by atomic mass is 9.96. The zero-order chi connectivity index (χ0) is 21.3. The van der Waals surface area contributed by atoms with E-state index < -0.39 is 0 Å². The summed E-state index contributed by atoms with van der Waals surface area (Å²) >= 11 is 1.43. The van der Waals surface area contributed by atoms with Crippen LogP contribution < -0.4 is 5.32 Å². The largest absolute Gasteiger partial charge is 0.472 e. The summed E-state index contributed by atoms with van der Waals surface area (Å²) in [6.45, 7) is 7.31. The van der Waals surface area contributed by atoms with E-state index in [1.807, 2.05) is 5.38 Å². The van der Waals surface area contributed by atoms with Crippen LogP contribution in [0.3, 0.4) is 0 Å². The van der Waals surface area contributed by atoms with Gasteiger partial charge in [-0.25, -0.2) is 4.98 Å². The molecule has 1 N–H and O–H groups in total. The Labute approximate surface area is 179 Å². The van der Waals surface area contributed by atoms with Crippen LogP contribution in [0.5, 0.6) is 0 Å². The van der Waals surface area contributed by atoms with Crippen molar-refractivity contribution >= 4 is 28.3 Å². The summed E-state index contributed by atoms with van der Waals surface area (Å²) in [6.07, 6.45) is 4.49. The van der Waals surface area contributed by atoms with Gasteiger partial charge in [0.05, 0.1) is 23.4 Å². The molecule has 0 aliphatic carbocycles. The van der Waals surface area contributed by atoms with Gasteiger partial charge in [-0.1, -0.05) is 17.7 Å². The maximum absolute atomic E-state index is 12.8. The number of aromatic nitrogens is 1. The van der Waals surface area contributed by atoms with Crippen LogP contribution in [0.15, 0.2) is 40.5 Å². The summed E-state index contributed by atoms with van der Waals surface area (Å²) in [6, 6.07) is 5.94. The number of thiazole rings is 1. The summed E-state index contributed by atoms with van der Waals surface area (Å²) in [5.74, 6) is -0.425. The number of benzene rings is 1. The van der Waals surface area contributed by atoms with Crippen LogP contribution >= 0.6 is 11.3 Å². The highest BCUT2D eigenvalue weighted by Gasteiger charge is 2.29. The minimum atomic E-state index is -0.246. The van der Waals surface area contributed by atoms with Gasteiger partial charge in [0.1, 0.15) is 6.26 Å². The van der Waals surface area contributed by atoms with Gasteiger partial charge in [0.2, 0.25) is 5.91 Å². The molecule has 0 bridgehead atoms. The summed E-state index contributed by atoms with van der Waals surface area (Å²) in [5.41, 5.74) is 6.10. The van der Waals surface area contributed by atoms with Crippen molar-refractivity contribution in [1.29, 1.82) is 0 Å². The number of hydrogen-bond acceptors (Lipinski definition) is 5. The molecule has 1 aliphatic rings. The second-order valence-corrected chi connectivity index (χ2v) is 8.76. The minimum Gasteiger partial charge on any atom is -0.472 e. The normalized spacial score (nSPS) is 16.5. The van der Waals surface area contributed by atoms with Crippen molar-refractivity contribution in [2.75, 3.05) is 18.4 Å². The van der Waals surface area contributed by atoms with Crippen LogP contribution in [0.25, 0.3) is 11.3 Å². The Morgan fingerprint density at radius 2 is 2.00 bits per heavy atom. The van der Waals surface area contributed by atoms with Crippen LogP contribution in [0, 0.1) is 26.7 Å². The van der Waals surface area contributed by atoms with Crippen molar-refractivity contribution < 1.29 is 14.0 Å². The van der Waals surface area contributed by atoms with Crippen molar-refractivity contribution in [2.24, 2.45) is 5.92 Å². The standard InChI is InChI=1S/C23H25N3O3S/c1-14-9-15(2)20(16(3)10-14)19-13-30-23(24-19)25-21(27)17-5-4-7-26(11-17)22(28)18-6-8-29-12-18/h6,8-10,12-13,17H,4-5,7,11H2,1-3H3,(H,24,25,27)/t17-/m0/s1. The number of furan rings is 1. The van der Waals surface area contributed by atoms with Crippen LogP contribution in [-0.4, -0.2) is 34.8 Å². The predicted molar refractivity (Wildman–Crippen MR) is 118 cm³/mol. The number of likely N-dealkylation sites (tertiary alicyclic amines) is 1. The summed E-state index contributed by atoms with van der Waals surface area (Å²) in [4.78, 5) is 31.8. The first-order valence-corrected chi connectivity index (χ1v) is 11.0. The van der Waals surface area contributed by atoms with Gasteiger partial charge in [0.15, 0.2) is 5.13 Å². The zero-order valence-electron chi connectivity index (χ0n) is 17.4. The number of nitrogens with zero attached hydrogens (tertiary/aromatic N) is 2. The topological polar surface area (TPSA) is 75.4 Å². The first-order chi connectivity index (χ1) is 14.4. The molecule has 0 radical (unpaired) electrons. The fourth-order valence-electron chi connectivity index (χ4n) is 4.18. The molecular formula is C23H25N3O3S. The smallest absolute Gasteiger partial charge is 0.257 e. The van der Waals surface area contributed by atoms with Crippen molar-refractivity contribution in [3.63, 3.8) is 0 Å². The van der Waals surface area contributed by atoms with Gasteiger partial charge in [-0.15, -0.1) is 11.3 Å². The molecule has 2 aromatic heterocycles. The Morgan fingerprint density at radius 1 is 1.23 bits per heavy atom. The van der Waals surface area contributed by atoms with Crippen LogP contribution in [-0.2, 0) is 4.79 Å². The molecule has 156 valence electrons. The lowest BCUT2D eigenvalue weighted by molar-refractivity contribution is -0.121. The molecule has 1 aromatic carbocycles.